The van der Waals surface area contributed by atoms with E-state index in [0.717, 1.165) is 10.6 Å². The molecule has 0 bridgehead atoms. The van der Waals surface area contributed by atoms with Gasteiger partial charge in [0, 0.05) is 5.02 Å². The van der Waals surface area contributed by atoms with Gasteiger partial charge in [0.05, 0.1) is 29.8 Å². The first-order valence-electron chi connectivity index (χ1n) is 8.43. The van der Waals surface area contributed by atoms with E-state index in [-0.39, 0.29) is 17.9 Å². The minimum absolute atomic E-state index is 0.186. The zero-order chi connectivity index (χ0) is 20.9. The van der Waals surface area contributed by atoms with Gasteiger partial charge >= 0.3 is 5.97 Å². The SMILES string of the molecule is CCOC(=O)c1ccccc1NC(=O)CN(c1ccc(Cl)cc1C)S(C)(=O)=O. The quantitative estimate of drug-likeness (QED) is 0.689. The monoisotopic (exact) mass is 424 g/mol. The first-order valence-corrected chi connectivity index (χ1v) is 10.7. The lowest BCUT2D eigenvalue weighted by molar-refractivity contribution is -0.114. The van der Waals surface area contributed by atoms with Crippen molar-refractivity contribution in [3.8, 4) is 0 Å². The first kappa shape index (κ1) is 21.7. The number of rotatable bonds is 7. The number of carbonyl (C=O) groups excluding carboxylic acids is 2. The van der Waals surface area contributed by atoms with E-state index < -0.39 is 28.4 Å². The smallest absolute Gasteiger partial charge is 0.340 e. The molecule has 0 fully saturated rings. The van der Waals surface area contributed by atoms with Crippen LogP contribution in [0.1, 0.15) is 22.8 Å². The number of nitrogens with one attached hydrogen (secondary N) is 1. The summed E-state index contributed by atoms with van der Waals surface area (Å²) in [5.41, 5.74) is 1.39. The van der Waals surface area contributed by atoms with Crippen molar-refractivity contribution in [1.82, 2.24) is 0 Å². The number of sulfonamides is 1. The normalized spacial score (nSPS) is 11.0. The molecule has 0 aliphatic carbocycles. The third-order valence-corrected chi connectivity index (χ3v) is 5.17. The number of anilines is 2. The average molecular weight is 425 g/mol. The molecule has 0 saturated carbocycles. The van der Waals surface area contributed by atoms with Gasteiger partial charge in [0.2, 0.25) is 15.9 Å². The lowest BCUT2D eigenvalue weighted by atomic mass is 10.1. The molecule has 1 amide bonds. The van der Waals surface area contributed by atoms with Gasteiger partial charge in [-0.05, 0) is 49.7 Å². The highest BCUT2D eigenvalue weighted by atomic mass is 35.5. The van der Waals surface area contributed by atoms with E-state index in [1.165, 1.54) is 6.07 Å². The molecule has 0 radical (unpaired) electrons. The molecule has 0 heterocycles. The largest absolute Gasteiger partial charge is 0.462 e. The van der Waals surface area contributed by atoms with E-state index in [1.54, 1.807) is 50.2 Å². The van der Waals surface area contributed by atoms with E-state index in [1.807, 2.05) is 0 Å². The van der Waals surface area contributed by atoms with Crippen LogP contribution < -0.4 is 9.62 Å². The molecule has 0 spiro atoms. The van der Waals surface area contributed by atoms with E-state index in [9.17, 15) is 18.0 Å². The van der Waals surface area contributed by atoms with Crippen LogP contribution in [0.3, 0.4) is 0 Å². The fourth-order valence-corrected chi connectivity index (χ4v) is 3.72. The predicted molar refractivity (Wildman–Crippen MR) is 109 cm³/mol. The van der Waals surface area contributed by atoms with Gasteiger partial charge in [-0.2, -0.15) is 0 Å². The highest BCUT2D eigenvalue weighted by Gasteiger charge is 2.23. The van der Waals surface area contributed by atoms with Gasteiger partial charge in [0.25, 0.3) is 0 Å². The number of hydrogen-bond acceptors (Lipinski definition) is 5. The van der Waals surface area contributed by atoms with Crippen LogP contribution in [0.25, 0.3) is 0 Å². The molecular formula is C19H21ClN2O5S. The first-order chi connectivity index (χ1) is 13.1. The summed E-state index contributed by atoms with van der Waals surface area (Å²) in [6.45, 7) is 3.11. The number of benzene rings is 2. The summed E-state index contributed by atoms with van der Waals surface area (Å²) in [6.07, 6.45) is 1.01. The molecule has 28 heavy (non-hydrogen) atoms. The molecule has 0 aromatic heterocycles. The summed E-state index contributed by atoms with van der Waals surface area (Å²) in [4.78, 5) is 24.6. The van der Waals surface area contributed by atoms with Crippen molar-refractivity contribution >= 4 is 44.9 Å². The number of para-hydroxylation sites is 1. The topological polar surface area (TPSA) is 92.8 Å². The van der Waals surface area contributed by atoms with Crippen molar-refractivity contribution in [2.75, 3.05) is 29.0 Å². The van der Waals surface area contributed by atoms with Gasteiger partial charge in [0.1, 0.15) is 6.54 Å². The molecule has 9 heteroatoms. The van der Waals surface area contributed by atoms with Gasteiger partial charge in [-0.25, -0.2) is 13.2 Å². The zero-order valence-corrected chi connectivity index (χ0v) is 17.3. The minimum atomic E-state index is -3.74. The number of hydrogen-bond donors (Lipinski definition) is 1. The standard InChI is InChI=1S/C19H21ClN2O5S/c1-4-27-19(24)15-7-5-6-8-16(15)21-18(23)12-22(28(3,25)26)17-10-9-14(20)11-13(17)2/h5-11H,4,12H2,1-3H3,(H,21,23). The Morgan fingerprint density at radius 2 is 1.86 bits per heavy atom. The Labute approximate surface area is 169 Å². The number of amides is 1. The number of nitrogens with zero attached hydrogens (tertiary/aromatic N) is 1. The van der Waals surface area contributed by atoms with E-state index >= 15 is 0 Å². The van der Waals surface area contributed by atoms with Crippen LogP contribution in [0.5, 0.6) is 0 Å². The summed E-state index contributed by atoms with van der Waals surface area (Å²) in [6, 6.07) is 11.1. The second-order valence-corrected chi connectivity index (χ2v) is 8.36. The maximum Gasteiger partial charge on any atom is 0.340 e. The van der Waals surface area contributed by atoms with Gasteiger partial charge in [-0.3, -0.25) is 9.10 Å². The van der Waals surface area contributed by atoms with Crippen LogP contribution in [0.15, 0.2) is 42.5 Å². The molecular weight excluding hydrogens is 404 g/mol. The molecule has 7 nitrogen and oxygen atoms in total. The van der Waals surface area contributed by atoms with Crippen LogP contribution in [0.2, 0.25) is 5.02 Å². The summed E-state index contributed by atoms with van der Waals surface area (Å²) >= 11 is 5.93. The Morgan fingerprint density at radius 3 is 2.46 bits per heavy atom. The van der Waals surface area contributed by atoms with Crippen molar-refractivity contribution in [3.63, 3.8) is 0 Å². The predicted octanol–water partition coefficient (Wildman–Crippen LogP) is 3.23. The minimum Gasteiger partial charge on any atom is -0.462 e. The van der Waals surface area contributed by atoms with Gasteiger partial charge in [-0.1, -0.05) is 23.7 Å². The average Bonchev–Trinajstić information content (AvgIpc) is 2.60. The van der Waals surface area contributed by atoms with Crippen molar-refractivity contribution < 1.29 is 22.7 Å². The third-order valence-electron chi connectivity index (χ3n) is 3.81. The van der Waals surface area contributed by atoms with Crippen LogP contribution in [-0.4, -0.2) is 39.7 Å². The van der Waals surface area contributed by atoms with Crippen LogP contribution in [-0.2, 0) is 19.6 Å². The van der Waals surface area contributed by atoms with E-state index in [2.05, 4.69) is 5.32 Å². The number of aryl methyl sites for hydroxylation is 1. The summed E-state index contributed by atoms with van der Waals surface area (Å²) in [5.74, 6) is -1.18. The molecule has 2 rings (SSSR count). The van der Waals surface area contributed by atoms with Gasteiger partial charge in [0.15, 0.2) is 0 Å². The zero-order valence-electron chi connectivity index (χ0n) is 15.7. The second-order valence-electron chi connectivity index (χ2n) is 6.01. The van der Waals surface area contributed by atoms with Crippen molar-refractivity contribution in [1.29, 1.82) is 0 Å². The van der Waals surface area contributed by atoms with Crippen LogP contribution >= 0.6 is 11.6 Å². The lowest BCUT2D eigenvalue weighted by Gasteiger charge is -2.24. The van der Waals surface area contributed by atoms with Gasteiger partial charge < -0.3 is 10.1 Å². The Bertz CT molecular complexity index is 992. The fourth-order valence-electron chi connectivity index (χ4n) is 2.58. The fraction of sp³-hybridized carbons (Fsp3) is 0.263. The van der Waals surface area contributed by atoms with Crippen molar-refractivity contribution in [2.24, 2.45) is 0 Å². The van der Waals surface area contributed by atoms with Crippen LogP contribution in [0, 0.1) is 6.92 Å². The highest BCUT2D eigenvalue weighted by molar-refractivity contribution is 7.92. The van der Waals surface area contributed by atoms with Crippen molar-refractivity contribution in [2.45, 2.75) is 13.8 Å². The molecule has 0 aliphatic rings. The Balaban J connectivity index is 2.28. The molecule has 0 saturated heterocycles. The maximum absolute atomic E-state index is 12.6. The highest BCUT2D eigenvalue weighted by Crippen LogP contribution is 2.26. The molecule has 150 valence electrons. The second kappa shape index (κ2) is 9.07. The summed E-state index contributed by atoms with van der Waals surface area (Å²) in [5, 5.41) is 3.04. The van der Waals surface area contributed by atoms with Crippen LogP contribution in [0.4, 0.5) is 11.4 Å². The molecule has 2 aromatic carbocycles. The number of carbonyl (C=O) groups is 2. The number of halogens is 1. The van der Waals surface area contributed by atoms with E-state index in [0.29, 0.717) is 16.3 Å². The Kier molecular flexibility index (Phi) is 7.04. The molecule has 0 atom stereocenters. The Morgan fingerprint density at radius 1 is 1.18 bits per heavy atom. The molecule has 1 N–H and O–H groups in total. The maximum atomic E-state index is 12.6. The third kappa shape index (κ3) is 5.46. The number of esters is 1. The molecule has 0 aliphatic heterocycles. The summed E-state index contributed by atoms with van der Waals surface area (Å²) in [7, 11) is -3.74. The lowest BCUT2D eigenvalue weighted by Crippen LogP contribution is -2.38. The van der Waals surface area contributed by atoms with Crippen molar-refractivity contribution in [3.05, 3.63) is 58.6 Å². The summed E-state index contributed by atoms with van der Waals surface area (Å²) < 4.78 is 30.5. The molecule has 2 aromatic rings. The van der Waals surface area contributed by atoms with Gasteiger partial charge in [-0.15, -0.1) is 0 Å². The van der Waals surface area contributed by atoms with E-state index in [4.69, 9.17) is 16.3 Å². The number of ether oxygens (including phenoxy) is 1. The Hall–Kier alpha value is -2.58. The molecule has 0 unspecified atom stereocenters.